The first kappa shape index (κ1) is 16.1. The molecule has 1 fully saturated rings. The molecular weight excluding hydrogens is 346 g/mol. The highest BCUT2D eigenvalue weighted by atomic mass is 32.2. The number of thioether (sulfide) groups is 1. The van der Waals surface area contributed by atoms with Gasteiger partial charge < -0.3 is 16.4 Å². The van der Waals surface area contributed by atoms with Gasteiger partial charge in [-0.2, -0.15) is 0 Å². The lowest BCUT2D eigenvalue weighted by Crippen LogP contribution is -2.40. The van der Waals surface area contributed by atoms with Crippen molar-refractivity contribution in [2.45, 2.75) is 4.75 Å². The molecule has 0 aliphatic carbocycles. The van der Waals surface area contributed by atoms with E-state index in [0.717, 1.165) is 12.4 Å². The van der Waals surface area contributed by atoms with Crippen LogP contribution in [-0.2, 0) is 4.75 Å². The van der Waals surface area contributed by atoms with Crippen LogP contribution in [0, 0.1) is 17.6 Å². The Morgan fingerprint density at radius 1 is 1.20 bits per heavy atom. The van der Waals surface area contributed by atoms with E-state index in [0.29, 0.717) is 42.0 Å². The van der Waals surface area contributed by atoms with Crippen molar-refractivity contribution in [2.24, 2.45) is 16.6 Å². The number of aliphatic imine (C=N–C) groups is 1. The van der Waals surface area contributed by atoms with Crippen LogP contribution in [0.25, 0.3) is 0 Å². The maximum absolute atomic E-state index is 14.6. The molecule has 4 rings (SSSR count). The van der Waals surface area contributed by atoms with E-state index in [9.17, 15) is 8.78 Å². The molecule has 9 heteroatoms. The molecule has 2 aliphatic heterocycles. The van der Waals surface area contributed by atoms with E-state index < -0.39 is 10.6 Å². The lowest BCUT2D eigenvalue weighted by atomic mass is 9.87. The van der Waals surface area contributed by atoms with E-state index in [-0.39, 0.29) is 11.7 Å². The molecule has 0 spiro atoms. The standard InChI is InChI=1S/C16H16F2N6S/c17-10-5-22-15(23-6-10)24-7-9-4-21-14(20)25-16(9,8-24)12-3-11(19)1-2-13(12)18/h1-3,5-6,9H,4,7-8,19H2,(H2,20,21). The number of halogens is 2. The van der Waals surface area contributed by atoms with E-state index in [1.165, 1.54) is 23.9 Å². The van der Waals surface area contributed by atoms with Crippen molar-refractivity contribution >= 4 is 28.6 Å². The minimum absolute atomic E-state index is 0.00903. The second-order valence-electron chi connectivity index (χ2n) is 6.19. The van der Waals surface area contributed by atoms with Gasteiger partial charge in [-0.15, -0.1) is 0 Å². The second kappa shape index (κ2) is 5.83. The van der Waals surface area contributed by atoms with Gasteiger partial charge in [-0.1, -0.05) is 11.8 Å². The van der Waals surface area contributed by atoms with Crippen molar-refractivity contribution in [1.82, 2.24) is 9.97 Å². The Hall–Kier alpha value is -2.42. The third-order valence-corrected chi connectivity index (χ3v) is 6.00. The molecule has 25 heavy (non-hydrogen) atoms. The number of amidine groups is 1. The molecule has 1 aromatic carbocycles. The Morgan fingerprint density at radius 2 is 1.96 bits per heavy atom. The van der Waals surface area contributed by atoms with E-state index in [2.05, 4.69) is 15.0 Å². The van der Waals surface area contributed by atoms with Gasteiger partial charge in [0.25, 0.3) is 0 Å². The molecule has 2 aliphatic rings. The van der Waals surface area contributed by atoms with Crippen molar-refractivity contribution in [3.63, 3.8) is 0 Å². The summed E-state index contributed by atoms with van der Waals surface area (Å²) in [5.74, 6) is -0.421. The van der Waals surface area contributed by atoms with Crippen molar-refractivity contribution < 1.29 is 8.78 Å². The largest absolute Gasteiger partial charge is 0.399 e. The molecule has 1 saturated heterocycles. The molecule has 1 aromatic heterocycles. The number of nitrogen functional groups attached to an aromatic ring is 1. The average Bonchev–Trinajstić information content (AvgIpc) is 2.97. The van der Waals surface area contributed by atoms with E-state index in [4.69, 9.17) is 11.5 Å². The summed E-state index contributed by atoms with van der Waals surface area (Å²) in [4.78, 5) is 14.3. The molecule has 2 atom stereocenters. The van der Waals surface area contributed by atoms with E-state index in [1.807, 2.05) is 4.90 Å². The van der Waals surface area contributed by atoms with Gasteiger partial charge in [0.15, 0.2) is 11.0 Å². The van der Waals surface area contributed by atoms with Crippen molar-refractivity contribution in [3.05, 3.63) is 47.8 Å². The molecule has 2 aromatic rings. The topological polar surface area (TPSA) is 93.4 Å². The SMILES string of the molecule is NC1=NCC2CN(c3ncc(F)cn3)CC2(c2cc(N)ccc2F)S1. The lowest BCUT2D eigenvalue weighted by molar-refractivity contribution is 0.464. The van der Waals surface area contributed by atoms with Gasteiger partial charge >= 0.3 is 0 Å². The zero-order valence-corrected chi connectivity index (χ0v) is 14.0. The Balaban J connectivity index is 1.78. The Kier molecular flexibility index (Phi) is 3.75. The number of nitrogens with two attached hydrogens (primary N) is 2. The highest BCUT2D eigenvalue weighted by Gasteiger charge is 2.52. The fourth-order valence-electron chi connectivity index (χ4n) is 3.48. The number of fused-ring (bicyclic) bond motifs is 1. The maximum Gasteiger partial charge on any atom is 0.225 e. The van der Waals surface area contributed by atoms with Crippen LogP contribution in [0.5, 0.6) is 0 Å². The minimum Gasteiger partial charge on any atom is -0.399 e. The number of rotatable bonds is 2. The number of benzene rings is 1. The monoisotopic (exact) mass is 362 g/mol. The zero-order valence-electron chi connectivity index (χ0n) is 13.2. The maximum atomic E-state index is 14.6. The summed E-state index contributed by atoms with van der Waals surface area (Å²) in [5, 5.41) is 0.417. The van der Waals surface area contributed by atoms with Crippen molar-refractivity contribution in [1.29, 1.82) is 0 Å². The van der Waals surface area contributed by atoms with Crippen LogP contribution in [0.15, 0.2) is 35.6 Å². The van der Waals surface area contributed by atoms with Crippen LogP contribution in [-0.4, -0.2) is 34.8 Å². The second-order valence-corrected chi connectivity index (χ2v) is 7.54. The van der Waals surface area contributed by atoms with Gasteiger partial charge in [0, 0.05) is 36.8 Å². The summed E-state index contributed by atoms with van der Waals surface area (Å²) in [5.41, 5.74) is 12.9. The normalized spacial score (nSPS) is 25.6. The highest BCUT2D eigenvalue weighted by Crippen LogP contribution is 2.51. The molecular formula is C16H16F2N6S. The first-order valence-electron chi connectivity index (χ1n) is 7.75. The summed E-state index contributed by atoms with van der Waals surface area (Å²) in [6, 6.07) is 4.56. The predicted octanol–water partition coefficient (Wildman–Crippen LogP) is 1.73. The summed E-state index contributed by atoms with van der Waals surface area (Å²) in [6.45, 7) is 1.49. The quantitative estimate of drug-likeness (QED) is 0.791. The molecule has 0 bridgehead atoms. The van der Waals surface area contributed by atoms with Gasteiger partial charge in [0.05, 0.1) is 17.1 Å². The number of aromatic nitrogens is 2. The minimum atomic E-state index is -0.636. The molecule has 2 unspecified atom stereocenters. The molecule has 6 nitrogen and oxygen atoms in total. The van der Waals surface area contributed by atoms with Crippen LogP contribution in [0.2, 0.25) is 0 Å². The molecule has 0 amide bonds. The number of hydrogen-bond donors (Lipinski definition) is 2. The fraction of sp³-hybridized carbons (Fsp3) is 0.312. The number of nitrogens with zero attached hydrogens (tertiary/aromatic N) is 4. The summed E-state index contributed by atoms with van der Waals surface area (Å²) in [6.07, 6.45) is 2.24. The third-order valence-electron chi connectivity index (χ3n) is 4.62. The summed E-state index contributed by atoms with van der Waals surface area (Å²) < 4.78 is 27.1. The lowest BCUT2D eigenvalue weighted by Gasteiger charge is -2.36. The highest BCUT2D eigenvalue weighted by molar-refractivity contribution is 8.14. The summed E-state index contributed by atoms with van der Waals surface area (Å²) >= 11 is 1.34. The van der Waals surface area contributed by atoms with Gasteiger partial charge in [0.1, 0.15) is 5.82 Å². The van der Waals surface area contributed by atoms with E-state index in [1.54, 1.807) is 6.07 Å². The summed E-state index contributed by atoms with van der Waals surface area (Å²) in [7, 11) is 0. The van der Waals surface area contributed by atoms with Crippen LogP contribution >= 0.6 is 11.8 Å². The van der Waals surface area contributed by atoms with Crippen LogP contribution in [0.4, 0.5) is 20.4 Å². The zero-order chi connectivity index (χ0) is 17.6. The van der Waals surface area contributed by atoms with E-state index >= 15 is 0 Å². The van der Waals surface area contributed by atoms with Crippen molar-refractivity contribution in [2.75, 3.05) is 30.3 Å². The molecule has 4 N–H and O–H groups in total. The smallest absolute Gasteiger partial charge is 0.225 e. The number of anilines is 2. The Labute approximate surface area is 147 Å². The average molecular weight is 362 g/mol. The molecule has 0 saturated carbocycles. The van der Waals surface area contributed by atoms with Gasteiger partial charge in [-0.05, 0) is 18.2 Å². The predicted molar refractivity (Wildman–Crippen MR) is 94.3 cm³/mol. The molecule has 0 radical (unpaired) electrons. The van der Waals surface area contributed by atoms with Crippen LogP contribution in [0.1, 0.15) is 5.56 Å². The Bertz CT molecular complexity index is 843. The Morgan fingerprint density at radius 3 is 2.72 bits per heavy atom. The molecule has 130 valence electrons. The number of hydrogen-bond acceptors (Lipinski definition) is 7. The third kappa shape index (κ3) is 2.68. The van der Waals surface area contributed by atoms with Crippen LogP contribution in [0.3, 0.4) is 0 Å². The first-order chi connectivity index (χ1) is 12.0. The van der Waals surface area contributed by atoms with Gasteiger partial charge in [-0.25, -0.2) is 18.7 Å². The van der Waals surface area contributed by atoms with Gasteiger partial charge in [-0.3, -0.25) is 4.99 Å². The fourth-order valence-corrected chi connectivity index (χ4v) is 4.79. The molecule has 3 heterocycles. The first-order valence-corrected chi connectivity index (χ1v) is 8.56. The van der Waals surface area contributed by atoms with Gasteiger partial charge in [0.2, 0.25) is 5.95 Å². The van der Waals surface area contributed by atoms with Crippen LogP contribution < -0.4 is 16.4 Å². The van der Waals surface area contributed by atoms with Crippen molar-refractivity contribution in [3.8, 4) is 0 Å².